The fraction of sp³-hybridized carbons (Fsp3) is 0.500. The third-order valence-corrected chi connectivity index (χ3v) is 3.77. The lowest BCUT2D eigenvalue weighted by Gasteiger charge is -2.24. The Labute approximate surface area is 125 Å². The molecule has 1 heterocycles. The molecule has 2 rings (SSSR count). The number of fused-ring (bicyclic) bond motifs is 1. The van der Waals surface area contributed by atoms with Crippen molar-refractivity contribution in [1.29, 1.82) is 0 Å². The normalized spacial score (nSPS) is 17.2. The number of benzene rings is 1. The first-order valence-electron chi connectivity index (χ1n) is 7.37. The second-order valence-corrected chi connectivity index (χ2v) is 5.77. The van der Waals surface area contributed by atoms with E-state index < -0.39 is 0 Å². The van der Waals surface area contributed by atoms with Gasteiger partial charge in [-0.15, -0.1) is 0 Å². The molecule has 5 nitrogen and oxygen atoms in total. The topological polar surface area (TPSA) is 64.9 Å². The van der Waals surface area contributed by atoms with Crippen molar-refractivity contribution in [2.75, 3.05) is 13.1 Å². The molecule has 5 heteroatoms. The van der Waals surface area contributed by atoms with Crippen LogP contribution in [0.15, 0.2) is 23.4 Å². The maximum absolute atomic E-state index is 11.4. The van der Waals surface area contributed by atoms with Gasteiger partial charge in [-0.1, -0.05) is 28.9 Å². The minimum absolute atomic E-state index is 0.0162. The zero-order chi connectivity index (χ0) is 15.2. The van der Waals surface area contributed by atoms with Gasteiger partial charge in [0, 0.05) is 19.1 Å². The molecular formula is C16H23N3O2. The number of aryl methyl sites for hydroxylation is 2. The van der Waals surface area contributed by atoms with Gasteiger partial charge < -0.3 is 10.5 Å². The first kappa shape index (κ1) is 15.5. The standard InChI is InChI=1S/C16H23N3O2/c1-12-5-6-15-11-19(7-3-4-14(15)8-12)10-13(2)18-16(20)9-17-21/h5-6,8-9,13,21H,3-4,7,10-11H2,1-2H3,(H,18,20)/b17-9-/t13-/m0/s1. The Hall–Kier alpha value is -1.88. The molecule has 1 aromatic carbocycles. The van der Waals surface area contributed by atoms with E-state index in [0.29, 0.717) is 0 Å². The molecule has 0 fully saturated rings. The van der Waals surface area contributed by atoms with E-state index in [1.165, 1.54) is 16.7 Å². The van der Waals surface area contributed by atoms with Crippen molar-refractivity contribution >= 4 is 12.1 Å². The number of nitrogens with zero attached hydrogens (tertiary/aromatic N) is 2. The Balaban J connectivity index is 1.95. The Morgan fingerprint density at radius 2 is 2.33 bits per heavy atom. The summed E-state index contributed by atoms with van der Waals surface area (Å²) in [5.41, 5.74) is 4.14. The van der Waals surface area contributed by atoms with Gasteiger partial charge in [0.2, 0.25) is 0 Å². The average Bonchev–Trinajstić information content (AvgIpc) is 2.60. The third kappa shape index (κ3) is 4.56. The van der Waals surface area contributed by atoms with Crippen molar-refractivity contribution < 1.29 is 10.0 Å². The van der Waals surface area contributed by atoms with Gasteiger partial charge in [0.15, 0.2) is 0 Å². The smallest absolute Gasteiger partial charge is 0.266 e. The molecular weight excluding hydrogens is 266 g/mol. The van der Waals surface area contributed by atoms with Crippen molar-refractivity contribution in [1.82, 2.24) is 10.2 Å². The molecule has 114 valence electrons. The summed E-state index contributed by atoms with van der Waals surface area (Å²) in [6, 6.07) is 6.67. The minimum atomic E-state index is -0.365. The Morgan fingerprint density at radius 3 is 3.10 bits per heavy atom. The molecule has 0 radical (unpaired) electrons. The van der Waals surface area contributed by atoms with Gasteiger partial charge in [-0.3, -0.25) is 9.69 Å². The van der Waals surface area contributed by atoms with E-state index in [0.717, 1.165) is 38.7 Å². The van der Waals surface area contributed by atoms with Crippen LogP contribution in [0.3, 0.4) is 0 Å². The van der Waals surface area contributed by atoms with Crippen LogP contribution in [-0.2, 0) is 17.8 Å². The van der Waals surface area contributed by atoms with Crippen LogP contribution < -0.4 is 5.32 Å². The van der Waals surface area contributed by atoms with E-state index in [4.69, 9.17) is 5.21 Å². The summed E-state index contributed by atoms with van der Waals surface area (Å²) in [6.07, 6.45) is 3.14. The zero-order valence-electron chi connectivity index (χ0n) is 12.7. The second kappa shape index (κ2) is 7.22. The number of carbonyl (C=O) groups is 1. The fourth-order valence-electron chi connectivity index (χ4n) is 2.88. The van der Waals surface area contributed by atoms with Crippen LogP contribution in [0.1, 0.15) is 30.0 Å². The monoisotopic (exact) mass is 289 g/mol. The van der Waals surface area contributed by atoms with Gasteiger partial charge >= 0.3 is 0 Å². The third-order valence-electron chi connectivity index (χ3n) is 3.77. The van der Waals surface area contributed by atoms with Gasteiger partial charge in [0.1, 0.15) is 6.21 Å². The summed E-state index contributed by atoms with van der Waals surface area (Å²) >= 11 is 0. The first-order valence-corrected chi connectivity index (χ1v) is 7.37. The lowest BCUT2D eigenvalue weighted by Crippen LogP contribution is -2.42. The fourth-order valence-corrected chi connectivity index (χ4v) is 2.88. The highest BCUT2D eigenvalue weighted by Gasteiger charge is 2.17. The minimum Gasteiger partial charge on any atom is -0.411 e. The lowest BCUT2D eigenvalue weighted by molar-refractivity contribution is -0.115. The van der Waals surface area contributed by atoms with Crippen molar-refractivity contribution in [2.24, 2.45) is 5.16 Å². The van der Waals surface area contributed by atoms with Gasteiger partial charge in [0.05, 0.1) is 0 Å². The molecule has 21 heavy (non-hydrogen) atoms. The number of amides is 1. The molecule has 0 unspecified atom stereocenters. The van der Waals surface area contributed by atoms with E-state index in [1.807, 2.05) is 6.92 Å². The molecule has 2 N–H and O–H groups in total. The summed E-state index contributed by atoms with van der Waals surface area (Å²) < 4.78 is 0. The Kier molecular flexibility index (Phi) is 5.33. The summed E-state index contributed by atoms with van der Waals surface area (Å²) in [5.74, 6) is -0.365. The van der Waals surface area contributed by atoms with Crippen LogP contribution in [-0.4, -0.2) is 41.4 Å². The number of hydrogen-bond donors (Lipinski definition) is 2. The summed E-state index contributed by atoms with van der Waals surface area (Å²) in [5, 5.41) is 13.9. The molecule has 0 aliphatic carbocycles. The predicted octanol–water partition coefficient (Wildman–Crippen LogP) is 1.71. The number of nitrogens with one attached hydrogen (secondary N) is 1. The molecule has 1 atom stereocenters. The molecule has 0 saturated carbocycles. The highest BCUT2D eigenvalue weighted by molar-refractivity contribution is 6.26. The summed E-state index contributed by atoms with van der Waals surface area (Å²) in [6.45, 7) is 6.83. The van der Waals surface area contributed by atoms with E-state index in [-0.39, 0.29) is 11.9 Å². The van der Waals surface area contributed by atoms with E-state index in [1.54, 1.807) is 0 Å². The Bertz CT molecular complexity index is 528. The molecule has 0 aromatic heterocycles. The maximum Gasteiger partial charge on any atom is 0.266 e. The van der Waals surface area contributed by atoms with Gasteiger partial charge in [0.25, 0.3) is 5.91 Å². The van der Waals surface area contributed by atoms with Crippen molar-refractivity contribution in [2.45, 2.75) is 39.3 Å². The van der Waals surface area contributed by atoms with Crippen LogP contribution in [0.5, 0.6) is 0 Å². The van der Waals surface area contributed by atoms with Gasteiger partial charge in [-0.05, 0) is 44.4 Å². The number of oxime groups is 1. The zero-order valence-corrected chi connectivity index (χ0v) is 12.7. The largest absolute Gasteiger partial charge is 0.411 e. The quantitative estimate of drug-likeness (QED) is 0.504. The van der Waals surface area contributed by atoms with Gasteiger partial charge in [-0.25, -0.2) is 0 Å². The van der Waals surface area contributed by atoms with Crippen molar-refractivity contribution in [3.63, 3.8) is 0 Å². The number of hydrogen-bond acceptors (Lipinski definition) is 4. The molecule has 1 aliphatic rings. The first-order chi connectivity index (χ1) is 10.1. The molecule has 0 saturated heterocycles. The SMILES string of the molecule is Cc1ccc2c(c1)CCCN(C[C@H](C)NC(=O)/C=N\O)C2. The van der Waals surface area contributed by atoms with E-state index >= 15 is 0 Å². The van der Waals surface area contributed by atoms with Crippen LogP contribution >= 0.6 is 0 Å². The maximum atomic E-state index is 11.4. The second-order valence-electron chi connectivity index (χ2n) is 5.77. The highest BCUT2D eigenvalue weighted by Crippen LogP contribution is 2.20. The lowest BCUT2D eigenvalue weighted by atomic mass is 10.0. The van der Waals surface area contributed by atoms with E-state index in [2.05, 4.69) is 40.5 Å². The van der Waals surface area contributed by atoms with Crippen LogP contribution in [0.2, 0.25) is 0 Å². The van der Waals surface area contributed by atoms with Crippen LogP contribution in [0.4, 0.5) is 0 Å². The van der Waals surface area contributed by atoms with Crippen LogP contribution in [0.25, 0.3) is 0 Å². The molecule has 0 spiro atoms. The molecule has 1 amide bonds. The summed E-state index contributed by atoms with van der Waals surface area (Å²) in [4.78, 5) is 13.7. The summed E-state index contributed by atoms with van der Waals surface area (Å²) in [7, 11) is 0. The molecule has 1 aromatic rings. The average molecular weight is 289 g/mol. The molecule has 0 bridgehead atoms. The molecule has 1 aliphatic heterocycles. The van der Waals surface area contributed by atoms with E-state index in [9.17, 15) is 4.79 Å². The van der Waals surface area contributed by atoms with Crippen molar-refractivity contribution in [3.8, 4) is 0 Å². The van der Waals surface area contributed by atoms with Gasteiger partial charge in [-0.2, -0.15) is 0 Å². The predicted molar refractivity (Wildman–Crippen MR) is 82.7 cm³/mol. The Morgan fingerprint density at radius 1 is 1.52 bits per heavy atom. The highest BCUT2D eigenvalue weighted by atomic mass is 16.4. The van der Waals surface area contributed by atoms with Crippen molar-refractivity contribution in [3.05, 3.63) is 34.9 Å². The number of carbonyl (C=O) groups excluding carboxylic acids is 1. The van der Waals surface area contributed by atoms with Crippen LogP contribution in [0, 0.1) is 6.92 Å². The number of rotatable bonds is 4.